The molecular weight excluding hydrogens is 468 g/mol. The molecule has 0 atom stereocenters. The standard InChI is InChI=1S/C26H32N2O4S2/c1-4-31-21-10-16(5-6-20(21)32-15(2)3)11-22-23(29)28(25(33)34-22)27-24(30)26-12-17-7-18(13-26)9-19(8-17)14-26/h5-6,10-11,15,17-19H,4,7-9,12-14H2,1-3H3,(H,27,30)/b22-11+. The first kappa shape index (κ1) is 23.7. The zero-order chi connectivity index (χ0) is 24.0. The lowest BCUT2D eigenvalue weighted by molar-refractivity contribution is -0.152. The summed E-state index contributed by atoms with van der Waals surface area (Å²) >= 11 is 6.69. The van der Waals surface area contributed by atoms with Crippen molar-refractivity contribution < 1.29 is 19.1 Å². The Morgan fingerprint density at radius 3 is 2.44 bits per heavy atom. The smallest absolute Gasteiger partial charge is 0.285 e. The number of hydrogen-bond acceptors (Lipinski definition) is 6. The molecule has 0 spiro atoms. The van der Waals surface area contributed by atoms with Gasteiger partial charge in [-0.2, -0.15) is 5.01 Å². The molecule has 1 saturated heterocycles. The summed E-state index contributed by atoms with van der Waals surface area (Å²) in [5.74, 6) is 2.96. The second-order valence-corrected chi connectivity index (χ2v) is 12.1. The molecule has 182 valence electrons. The Labute approximate surface area is 210 Å². The van der Waals surface area contributed by atoms with Crippen LogP contribution in [-0.2, 0) is 9.59 Å². The Balaban J connectivity index is 1.31. The Morgan fingerprint density at radius 2 is 1.85 bits per heavy atom. The summed E-state index contributed by atoms with van der Waals surface area (Å²) in [6.45, 7) is 6.36. The van der Waals surface area contributed by atoms with Crippen molar-refractivity contribution in [2.45, 2.75) is 65.4 Å². The Bertz CT molecular complexity index is 1020. The van der Waals surface area contributed by atoms with E-state index in [1.807, 2.05) is 39.0 Å². The van der Waals surface area contributed by atoms with E-state index in [1.54, 1.807) is 6.08 Å². The van der Waals surface area contributed by atoms with Crippen molar-refractivity contribution in [2.75, 3.05) is 6.61 Å². The van der Waals surface area contributed by atoms with Crippen LogP contribution in [0.15, 0.2) is 23.1 Å². The summed E-state index contributed by atoms with van der Waals surface area (Å²) in [5.41, 5.74) is 3.39. The van der Waals surface area contributed by atoms with Crippen molar-refractivity contribution in [3.8, 4) is 11.5 Å². The minimum atomic E-state index is -0.333. The van der Waals surface area contributed by atoms with E-state index in [9.17, 15) is 9.59 Å². The van der Waals surface area contributed by atoms with Gasteiger partial charge in [0.1, 0.15) is 0 Å². The number of rotatable bonds is 7. The summed E-state index contributed by atoms with van der Waals surface area (Å²) < 4.78 is 11.9. The third-order valence-electron chi connectivity index (χ3n) is 7.46. The Morgan fingerprint density at radius 1 is 1.21 bits per heavy atom. The molecule has 5 aliphatic rings. The maximum atomic E-state index is 13.4. The molecule has 1 aliphatic heterocycles. The number of nitrogens with zero attached hydrogens (tertiary/aromatic N) is 1. The fraction of sp³-hybridized carbons (Fsp3) is 0.577. The first-order valence-electron chi connectivity index (χ1n) is 12.3. The van der Waals surface area contributed by atoms with Crippen LogP contribution < -0.4 is 14.9 Å². The number of carbonyl (C=O) groups excluding carboxylic acids is 2. The topological polar surface area (TPSA) is 67.9 Å². The first-order chi connectivity index (χ1) is 16.3. The van der Waals surface area contributed by atoms with Gasteiger partial charge in [-0.1, -0.05) is 17.8 Å². The molecule has 8 heteroatoms. The van der Waals surface area contributed by atoms with Crippen LogP contribution in [0.25, 0.3) is 6.08 Å². The lowest BCUT2D eigenvalue weighted by Crippen LogP contribution is -2.57. The molecule has 4 saturated carbocycles. The highest BCUT2D eigenvalue weighted by atomic mass is 32.2. The van der Waals surface area contributed by atoms with Crippen LogP contribution >= 0.6 is 24.0 Å². The zero-order valence-corrected chi connectivity index (χ0v) is 21.6. The van der Waals surface area contributed by atoms with Crippen molar-refractivity contribution in [3.05, 3.63) is 28.7 Å². The minimum absolute atomic E-state index is 0.0268. The molecule has 0 radical (unpaired) electrons. The van der Waals surface area contributed by atoms with Crippen LogP contribution in [-0.4, -0.2) is 33.9 Å². The maximum absolute atomic E-state index is 13.4. The zero-order valence-electron chi connectivity index (χ0n) is 20.0. The fourth-order valence-corrected chi connectivity index (χ4v) is 7.74. The third-order valence-corrected chi connectivity index (χ3v) is 8.76. The van der Waals surface area contributed by atoms with Crippen LogP contribution in [0.5, 0.6) is 11.5 Å². The van der Waals surface area contributed by atoms with Gasteiger partial charge in [0, 0.05) is 0 Å². The first-order valence-corrected chi connectivity index (χ1v) is 13.5. The molecule has 5 fully saturated rings. The van der Waals surface area contributed by atoms with Crippen molar-refractivity contribution in [3.63, 3.8) is 0 Å². The highest BCUT2D eigenvalue weighted by Crippen LogP contribution is 2.60. The second kappa shape index (κ2) is 9.19. The fourth-order valence-electron chi connectivity index (χ4n) is 6.56. The lowest BCUT2D eigenvalue weighted by Gasteiger charge is -2.55. The molecule has 1 aromatic rings. The van der Waals surface area contributed by atoms with Crippen LogP contribution in [0.4, 0.5) is 0 Å². The van der Waals surface area contributed by atoms with E-state index in [0.29, 0.717) is 45.1 Å². The Hall–Kier alpha value is -2.06. The molecule has 6 rings (SSSR count). The molecule has 4 bridgehead atoms. The molecule has 1 aromatic carbocycles. The molecule has 34 heavy (non-hydrogen) atoms. The summed E-state index contributed by atoms with van der Waals surface area (Å²) in [6, 6.07) is 5.61. The lowest BCUT2D eigenvalue weighted by atomic mass is 9.49. The highest BCUT2D eigenvalue weighted by molar-refractivity contribution is 8.26. The molecule has 0 aromatic heterocycles. The predicted octanol–water partition coefficient (Wildman–Crippen LogP) is 5.32. The monoisotopic (exact) mass is 500 g/mol. The molecule has 0 unspecified atom stereocenters. The van der Waals surface area contributed by atoms with E-state index in [1.165, 1.54) is 36.0 Å². The number of carbonyl (C=O) groups is 2. The number of nitrogens with one attached hydrogen (secondary N) is 1. The van der Waals surface area contributed by atoms with Gasteiger partial charge in [0.15, 0.2) is 15.8 Å². The van der Waals surface area contributed by atoms with Gasteiger partial charge in [-0.15, -0.1) is 0 Å². The van der Waals surface area contributed by atoms with Gasteiger partial charge in [0.25, 0.3) is 5.91 Å². The van der Waals surface area contributed by atoms with Crippen molar-refractivity contribution >= 4 is 46.2 Å². The van der Waals surface area contributed by atoms with Gasteiger partial charge in [-0.25, -0.2) is 0 Å². The number of benzene rings is 1. The van der Waals surface area contributed by atoms with Crippen LogP contribution in [0.2, 0.25) is 0 Å². The summed E-state index contributed by atoms with van der Waals surface area (Å²) in [7, 11) is 0. The van der Waals surface area contributed by atoms with Gasteiger partial charge in [-0.05, 0) is 113 Å². The number of hydrazine groups is 1. The molecule has 1 heterocycles. The van der Waals surface area contributed by atoms with Crippen molar-refractivity contribution in [1.29, 1.82) is 0 Å². The average Bonchev–Trinajstić information content (AvgIpc) is 3.02. The summed E-state index contributed by atoms with van der Waals surface area (Å²) in [4.78, 5) is 27.1. The van der Waals surface area contributed by atoms with E-state index >= 15 is 0 Å². The molecular formula is C26H32N2O4S2. The van der Waals surface area contributed by atoms with Gasteiger partial charge in [0.2, 0.25) is 5.91 Å². The number of amides is 2. The van der Waals surface area contributed by atoms with E-state index in [4.69, 9.17) is 21.7 Å². The second-order valence-electron chi connectivity index (χ2n) is 10.5. The third kappa shape index (κ3) is 4.47. The van der Waals surface area contributed by atoms with Crippen molar-refractivity contribution in [1.82, 2.24) is 10.4 Å². The van der Waals surface area contributed by atoms with Crippen LogP contribution in [0, 0.1) is 23.2 Å². The molecule has 2 amide bonds. The van der Waals surface area contributed by atoms with E-state index in [-0.39, 0.29) is 23.3 Å². The summed E-state index contributed by atoms with van der Waals surface area (Å²) in [6.07, 6.45) is 8.45. The normalized spacial score (nSPS) is 31.0. The number of thioether (sulfide) groups is 1. The molecule has 6 nitrogen and oxygen atoms in total. The highest BCUT2D eigenvalue weighted by Gasteiger charge is 2.55. The van der Waals surface area contributed by atoms with Crippen LogP contribution in [0.3, 0.4) is 0 Å². The Kier molecular flexibility index (Phi) is 6.40. The SMILES string of the molecule is CCOc1cc(/C=C2/SC(=S)N(NC(=O)C34CC5CC(CC(C5)C3)C4)C2=O)ccc1OC(C)C. The van der Waals surface area contributed by atoms with Gasteiger partial charge < -0.3 is 9.47 Å². The quantitative estimate of drug-likeness (QED) is 0.404. The number of thiocarbonyl (C=S) groups is 1. The molecule has 4 aliphatic carbocycles. The average molecular weight is 501 g/mol. The predicted molar refractivity (Wildman–Crippen MR) is 137 cm³/mol. The summed E-state index contributed by atoms with van der Waals surface area (Å²) in [5, 5.41) is 1.27. The molecule has 1 N–H and O–H groups in total. The van der Waals surface area contributed by atoms with Gasteiger partial charge >= 0.3 is 0 Å². The number of hydrogen-bond donors (Lipinski definition) is 1. The van der Waals surface area contributed by atoms with Gasteiger partial charge in [-0.3, -0.25) is 15.0 Å². The largest absolute Gasteiger partial charge is 0.490 e. The maximum Gasteiger partial charge on any atom is 0.285 e. The van der Waals surface area contributed by atoms with E-state index in [2.05, 4.69) is 5.43 Å². The van der Waals surface area contributed by atoms with E-state index < -0.39 is 0 Å². The van der Waals surface area contributed by atoms with Crippen LogP contribution in [0.1, 0.15) is 64.9 Å². The number of ether oxygens (including phenoxy) is 2. The van der Waals surface area contributed by atoms with Gasteiger partial charge in [0.05, 0.1) is 23.0 Å². The van der Waals surface area contributed by atoms with E-state index in [0.717, 1.165) is 24.8 Å². The van der Waals surface area contributed by atoms with Crippen molar-refractivity contribution in [2.24, 2.45) is 23.2 Å². The minimum Gasteiger partial charge on any atom is -0.490 e.